The number of benzene rings is 3. The maximum absolute atomic E-state index is 6.21. The summed E-state index contributed by atoms with van der Waals surface area (Å²) in [5.41, 5.74) is 3.29. The highest BCUT2D eigenvalue weighted by molar-refractivity contribution is 9.10. The Labute approximate surface area is 179 Å². The molecule has 0 heterocycles. The minimum absolute atomic E-state index is 0.246. The van der Waals surface area contributed by atoms with Gasteiger partial charge < -0.3 is 14.8 Å². The fourth-order valence-electron chi connectivity index (χ4n) is 2.88. The van der Waals surface area contributed by atoms with Crippen molar-refractivity contribution in [3.8, 4) is 11.5 Å². The summed E-state index contributed by atoms with van der Waals surface area (Å²) in [6.07, 6.45) is 0. The molecule has 0 radical (unpaired) electrons. The van der Waals surface area contributed by atoms with Crippen molar-refractivity contribution in [3.63, 3.8) is 0 Å². The summed E-state index contributed by atoms with van der Waals surface area (Å²) in [7, 11) is 1.65. The van der Waals surface area contributed by atoms with E-state index in [1.54, 1.807) is 7.11 Å². The van der Waals surface area contributed by atoms with Crippen LogP contribution in [0.1, 0.15) is 29.7 Å². The Bertz CT molecular complexity index is 918. The van der Waals surface area contributed by atoms with Gasteiger partial charge >= 0.3 is 0 Å². The minimum Gasteiger partial charge on any atom is -0.493 e. The third-order valence-electron chi connectivity index (χ3n) is 4.57. The maximum Gasteiger partial charge on any atom is 0.162 e. The predicted octanol–water partition coefficient (Wildman–Crippen LogP) is 6.54. The zero-order valence-corrected chi connectivity index (χ0v) is 18.3. The first-order chi connectivity index (χ1) is 13.6. The second-order valence-corrected chi connectivity index (χ2v) is 7.75. The molecule has 0 aliphatic rings. The van der Waals surface area contributed by atoms with Crippen LogP contribution in [-0.2, 0) is 13.2 Å². The highest BCUT2D eigenvalue weighted by Crippen LogP contribution is 2.34. The largest absolute Gasteiger partial charge is 0.493 e. The molecule has 0 spiro atoms. The molecule has 3 aromatic rings. The summed E-state index contributed by atoms with van der Waals surface area (Å²) in [4.78, 5) is 0. The molecule has 0 saturated carbocycles. The number of halogens is 2. The molecule has 146 valence electrons. The lowest BCUT2D eigenvalue weighted by atomic mass is 10.1. The zero-order chi connectivity index (χ0) is 19.9. The maximum atomic E-state index is 6.21. The third-order valence-corrected chi connectivity index (χ3v) is 5.68. The van der Waals surface area contributed by atoms with Crippen LogP contribution in [0.4, 0.5) is 0 Å². The van der Waals surface area contributed by atoms with Crippen molar-refractivity contribution in [2.24, 2.45) is 0 Å². The first-order valence-corrected chi connectivity index (χ1v) is 10.3. The molecule has 0 bridgehead atoms. The number of hydrogen-bond donors (Lipinski definition) is 1. The van der Waals surface area contributed by atoms with Gasteiger partial charge in [0.2, 0.25) is 0 Å². The molecular weight excluding hydrogens is 438 g/mol. The number of ether oxygens (including phenoxy) is 2. The lowest BCUT2D eigenvalue weighted by Crippen LogP contribution is -2.18. The van der Waals surface area contributed by atoms with Gasteiger partial charge in [-0.15, -0.1) is 0 Å². The normalized spacial score (nSPS) is 11.9. The Kier molecular flexibility index (Phi) is 7.37. The van der Waals surface area contributed by atoms with Crippen LogP contribution in [0.15, 0.2) is 71.2 Å². The van der Waals surface area contributed by atoms with E-state index in [2.05, 4.69) is 52.4 Å². The van der Waals surface area contributed by atoms with Crippen molar-refractivity contribution < 1.29 is 9.47 Å². The van der Waals surface area contributed by atoms with Crippen LogP contribution in [0, 0.1) is 0 Å². The summed E-state index contributed by atoms with van der Waals surface area (Å²) < 4.78 is 12.5. The monoisotopic (exact) mass is 459 g/mol. The summed E-state index contributed by atoms with van der Waals surface area (Å²) in [6.45, 7) is 3.24. The fraction of sp³-hybridized carbons (Fsp3) is 0.217. The Balaban J connectivity index is 1.69. The van der Waals surface area contributed by atoms with E-state index in [0.29, 0.717) is 29.7 Å². The molecule has 28 heavy (non-hydrogen) atoms. The Morgan fingerprint density at radius 3 is 2.39 bits per heavy atom. The molecule has 3 nitrogen and oxygen atoms in total. The molecule has 0 saturated heterocycles. The van der Waals surface area contributed by atoms with Crippen molar-refractivity contribution in [3.05, 3.63) is 92.9 Å². The van der Waals surface area contributed by atoms with Gasteiger partial charge in [0.15, 0.2) is 11.5 Å². The number of rotatable bonds is 8. The van der Waals surface area contributed by atoms with Gasteiger partial charge in [0.1, 0.15) is 6.61 Å². The molecule has 1 unspecified atom stereocenters. The van der Waals surface area contributed by atoms with Gasteiger partial charge in [-0.2, -0.15) is 0 Å². The Hall–Kier alpha value is -2.01. The second-order valence-electron chi connectivity index (χ2n) is 6.49. The van der Waals surface area contributed by atoms with E-state index < -0.39 is 0 Å². The standard InChI is InChI=1S/C23H23BrClNO2/c1-16(17-8-4-3-5-9-17)26-14-19-12-22(27-2)23(13-20(19)24)28-15-18-10-6-7-11-21(18)25/h3-13,16,26H,14-15H2,1-2H3. The average Bonchev–Trinajstić information content (AvgIpc) is 2.72. The lowest BCUT2D eigenvalue weighted by Gasteiger charge is -2.17. The Morgan fingerprint density at radius 1 is 0.964 bits per heavy atom. The smallest absolute Gasteiger partial charge is 0.162 e. The van der Waals surface area contributed by atoms with Crippen LogP contribution in [0.2, 0.25) is 5.02 Å². The van der Waals surface area contributed by atoms with E-state index >= 15 is 0 Å². The summed E-state index contributed by atoms with van der Waals surface area (Å²) in [5.74, 6) is 1.37. The van der Waals surface area contributed by atoms with Crippen LogP contribution < -0.4 is 14.8 Å². The molecule has 3 aromatic carbocycles. The zero-order valence-electron chi connectivity index (χ0n) is 15.9. The van der Waals surface area contributed by atoms with Crippen LogP contribution in [0.5, 0.6) is 11.5 Å². The number of nitrogens with one attached hydrogen (secondary N) is 1. The first kappa shape index (κ1) is 20.7. The van der Waals surface area contributed by atoms with E-state index in [1.807, 2.05) is 42.5 Å². The van der Waals surface area contributed by atoms with Gasteiger partial charge in [-0.05, 0) is 36.2 Å². The van der Waals surface area contributed by atoms with Gasteiger partial charge in [0, 0.05) is 27.6 Å². The molecule has 0 aliphatic carbocycles. The van der Waals surface area contributed by atoms with Crippen molar-refractivity contribution in [1.29, 1.82) is 0 Å². The van der Waals surface area contributed by atoms with Gasteiger partial charge in [-0.1, -0.05) is 76.1 Å². The van der Waals surface area contributed by atoms with E-state index in [1.165, 1.54) is 5.56 Å². The van der Waals surface area contributed by atoms with Crippen LogP contribution in [-0.4, -0.2) is 7.11 Å². The number of methoxy groups -OCH3 is 1. The summed E-state index contributed by atoms with van der Waals surface area (Å²) in [6, 6.07) is 22.2. The van der Waals surface area contributed by atoms with Crippen molar-refractivity contribution in [2.45, 2.75) is 26.1 Å². The van der Waals surface area contributed by atoms with Gasteiger partial charge in [-0.3, -0.25) is 0 Å². The average molecular weight is 461 g/mol. The molecule has 1 atom stereocenters. The highest BCUT2D eigenvalue weighted by Gasteiger charge is 2.13. The van der Waals surface area contributed by atoms with Gasteiger partial charge in [-0.25, -0.2) is 0 Å². The predicted molar refractivity (Wildman–Crippen MR) is 118 cm³/mol. The van der Waals surface area contributed by atoms with E-state index in [-0.39, 0.29) is 6.04 Å². The van der Waals surface area contributed by atoms with Crippen LogP contribution >= 0.6 is 27.5 Å². The summed E-state index contributed by atoms with van der Waals surface area (Å²) >= 11 is 9.87. The topological polar surface area (TPSA) is 30.5 Å². The van der Waals surface area contributed by atoms with E-state index in [0.717, 1.165) is 15.6 Å². The van der Waals surface area contributed by atoms with Crippen LogP contribution in [0.3, 0.4) is 0 Å². The van der Waals surface area contributed by atoms with E-state index in [9.17, 15) is 0 Å². The highest BCUT2D eigenvalue weighted by atomic mass is 79.9. The SMILES string of the molecule is COc1cc(CNC(C)c2ccccc2)c(Br)cc1OCc1ccccc1Cl. The van der Waals surface area contributed by atoms with Gasteiger partial charge in [0.05, 0.1) is 7.11 Å². The summed E-state index contributed by atoms with van der Waals surface area (Å²) in [5, 5.41) is 4.24. The van der Waals surface area contributed by atoms with Crippen molar-refractivity contribution in [1.82, 2.24) is 5.32 Å². The fourth-order valence-corrected chi connectivity index (χ4v) is 3.53. The molecular formula is C23H23BrClNO2. The van der Waals surface area contributed by atoms with Crippen LogP contribution in [0.25, 0.3) is 0 Å². The molecule has 0 aliphatic heterocycles. The Morgan fingerprint density at radius 2 is 1.68 bits per heavy atom. The molecule has 3 rings (SSSR count). The second kappa shape index (κ2) is 9.97. The molecule has 0 amide bonds. The molecule has 0 fully saturated rings. The van der Waals surface area contributed by atoms with Gasteiger partial charge in [0.25, 0.3) is 0 Å². The molecule has 0 aromatic heterocycles. The van der Waals surface area contributed by atoms with Crippen molar-refractivity contribution >= 4 is 27.5 Å². The molecule has 1 N–H and O–H groups in total. The van der Waals surface area contributed by atoms with E-state index in [4.69, 9.17) is 21.1 Å². The number of hydrogen-bond acceptors (Lipinski definition) is 3. The first-order valence-electron chi connectivity index (χ1n) is 9.09. The minimum atomic E-state index is 0.246. The third kappa shape index (κ3) is 5.28. The lowest BCUT2D eigenvalue weighted by molar-refractivity contribution is 0.284. The quantitative estimate of drug-likeness (QED) is 0.414. The van der Waals surface area contributed by atoms with Crippen molar-refractivity contribution in [2.75, 3.05) is 7.11 Å². The molecule has 5 heteroatoms.